The largest absolute Gasteiger partial charge is 0.392 e. The predicted octanol–water partition coefficient (Wildman–Crippen LogP) is 1.44. The molecule has 2 rings (SSSR count). The number of benzene rings is 1. The van der Waals surface area contributed by atoms with Crippen molar-refractivity contribution in [2.45, 2.75) is 30.4 Å². The zero-order valence-corrected chi connectivity index (χ0v) is 14.9. The maximum absolute atomic E-state index is 12.9. The maximum atomic E-state index is 12.9. The minimum Gasteiger partial charge on any atom is -0.392 e. The lowest BCUT2D eigenvalue weighted by Crippen LogP contribution is -2.41. The van der Waals surface area contributed by atoms with Gasteiger partial charge in [0.05, 0.1) is 11.0 Å². The highest BCUT2D eigenvalue weighted by Gasteiger charge is 2.40. The van der Waals surface area contributed by atoms with Gasteiger partial charge in [0, 0.05) is 23.6 Å². The SMILES string of the molecule is Cc1ccc(S(=O)(=O)N2CC(O)CC2CN(C)C)c(Br)c1. The van der Waals surface area contributed by atoms with Crippen LogP contribution in [0.1, 0.15) is 12.0 Å². The molecule has 1 N–H and O–H groups in total. The molecule has 2 unspecified atom stereocenters. The Hall–Kier alpha value is -0.470. The van der Waals surface area contributed by atoms with E-state index in [0.29, 0.717) is 17.4 Å². The van der Waals surface area contributed by atoms with Crippen LogP contribution in [0.5, 0.6) is 0 Å². The number of aliphatic hydroxyl groups is 1. The maximum Gasteiger partial charge on any atom is 0.244 e. The molecule has 1 aliphatic rings. The summed E-state index contributed by atoms with van der Waals surface area (Å²) in [5.74, 6) is 0. The van der Waals surface area contributed by atoms with E-state index in [1.54, 1.807) is 18.2 Å². The van der Waals surface area contributed by atoms with Gasteiger partial charge in [-0.25, -0.2) is 8.42 Å². The molecule has 1 aromatic rings. The fourth-order valence-corrected chi connectivity index (χ4v) is 5.50. The van der Waals surface area contributed by atoms with Gasteiger partial charge in [-0.15, -0.1) is 0 Å². The van der Waals surface area contributed by atoms with E-state index in [4.69, 9.17) is 0 Å². The van der Waals surface area contributed by atoms with E-state index in [1.165, 1.54) is 4.31 Å². The second-order valence-electron chi connectivity index (χ2n) is 5.81. The molecule has 1 heterocycles. The van der Waals surface area contributed by atoms with Gasteiger partial charge in [0.15, 0.2) is 0 Å². The van der Waals surface area contributed by atoms with Gasteiger partial charge in [-0.3, -0.25) is 0 Å². The molecule has 0 saturated carbocycles. The average molecular weight is 377 g/mol. The number of likely N-dealkylation sites (N-methyl/N-ethyl adjacent to an activating group) is 1. The molecule has 0 spiro atoms. The van der Waals surface area contributed by atoms with Crippen molar-refractivity contribution in [3.8, 4) is 0 Å². The van der Waals surface area contributed by atoms with Crippen LogP contribution in [-0.2, 0) is 10.0 Å². The van der Waals surface area contributed by atoms with Crippen molar-refractivity contribution in [2.24, 2.45) is 0 Å². The summed E-state index contributed by atoms with van der Waals surface area (Å²) in [6, 6.07) is 4.99. The quantitative estimate of drug-likeness (QED) is 0.863. The van der Waals surface area contributed by atoms with E-state index < -0.39 is 16.1 Å². The third-order valence-electron chi connectivity index (χ3n) is 3.59. The Bertz CT molecular complexity index is 619. The summed E-state index contributed by atoms with van der Waals surface area (Å²) in [7, 11) is 0.186. The number of sulfonamides is 1. The van der Waals surface area contributed by atoms with Gasteiger partial charge in [-0.05, 0) is 61.1 Å². The minimum atomic E-state index is -3.61. The molecule has 118 valence electrons. The second-order valence-corrected chi connectivity index (χ2v) is 8.53. The number of aliphatic hydroxyl groups excluding tert-OH is 1. The highest BCUT2D eigenvalue weighted by molar-refractivity contribution is 9.10. The second kappa shape index (κ2) is 6.34. The minimum absolute atomic E-state index is 0.154. The first-order valence-corrected chi connectivity index (χ1v) is 9.06. The zero-order chi connectivity index (χ0) is 15.8. The van der Waals surface area contributed by atoms with Crippen LogP contribution in [-0.4, -0.2) is 62.1 Å². The topological polar surface area (TPSA) is 60.9 Å². The molecule has 7 heteroatoms. The highest BCUT2D eigenvalue weighted by atomic mass is 79.9. The molecule has 2 atom stereocenters. The first-order valence-electron chi connectivity index (χ1n) is 6.82. The van der Waals surface area contributed by atoms with Crippen LogP contribution in [0.4, 0.5) is 0 Å². The molecule has 1 fully saturated rings. The van der Waals surface area contributed by atoms with Crippen molar-refractivity contribution in [3.05, 3.63) is 28.2 Å². The van der Waals surface area contributed by atoms with Crippen molar-refractivity contribution >= 4 is 26.0 Å². The third-order valence-corrected chi connectivity index (χ3v) is 6.49. The van der Waals surface area contributed by atoms with Crippen LogP contribution in [0.15, 0.2) is 27.6 Å². The van der Waals surface area contributed by atoms with E-state index in [2.05, 4.69) is 15.9 Å². The standard InChI is InChI=1S/C14H21BrN2O3S/c1-10-4-5-14(13(15)6-10)21(19,20)17-9-12(18)7-11(17)8-16(2)3/h4-6,11-12,18H,7-9H2,1-3H3. The Kier molecular flexibility index (Phi) is 5.10. The lowest BCUT2D eigenvalue weighted by atomic mass is 10.2. The van der Waals surface area contributed by atoms with Crippen molar-refractivity contribution in [3.63, 3.8) is 0 Å². The number of hydrogen-bond donors (Lipinski definition) is 1. The Morgan fingerprint density at radius 1 is 1.43 bits per heavy atom. The van der Waals surface area contributed by atoms with Crippen LogP contribution in [0.3, 0.4) is 0 Å². The Morgan fingerprint density at radius 3 is 2.67 bits per heavy atom. The van der Waals surface area contributed by atoms with Crippen LogP contribution in [0.25, 0.3) is 0 Å². The van der Waals surface area contributed by atoms with Gasteiger partial charge in [0.1, 0.15) is 0 Å². The monoisotopic (exact) mass is 376 g/mol. The molecule has 1 aromatic carbocycles. The van der Waals surface area contributed by atoms with Crippen molar-refractivity contribution in [1.82, 2.24) is 9.21 Å². The van der Waals surface area contributed by atoms with Gasteiger partial charge >= 0.3 is 0 Å². The van der Waals surface area contributed by atoms with Crippen LogP contribution < -0.4 is 0 Å². The van der Waals surface area contributed by atoms with Gasteiger partial charge < -0.3 is 10.0 Å². The molecular formula is C14H21BrN2O3S. The molecule has 0 aliphatic carbocycles. The average Bonchev–Trinajstić information content (AvgIpc) is 2.69. The number of β-amino-alcohol motifs (C(OH)–C–C–N with tert-alkyl or cyclic N) is 1. The molecule has 1 aliphatic heterocycles. The summed E-state index contributed by atoms with van der Waals surface area (Å²) in [5, 5.41) is 9.87. The van der Waals surface area contributed by atoms with Crippen molar-refractivity contribution in [1.29, 1.82) is 0 Å². The van der Waals surface area contributed by atoms with Gasteiger partial charge in [0.25, 0.3) is 0 Å². The lowest BCUT2D eigenvalue weighted by Gasteiger charge is -2.26. The predicted molar refractivity (Wildman–Crippen MR) is 85.7 cm³/mol. The third kappa shape index (κ3) is 3.65. The summed E-state index contributed by atoms with van der Waals surface area (Å²) in [5.41, 5.74) is 0.993. The fraction of sp³-hybridized carbons (Fsp3) is 0.571. The zero-order valence-electron chi connectivity index (χ0n) is 12.5. The molecular weight excluding hydrogens is 356 g/mol. The number of rotatable bonds is 4. The molecule has 0 bridgehead atoms. The number of nitrogens with zero attached hydrogens (tertiary/aromatic N) is 2. The first-order chi connectivity index (χ1) is 9.71. The Balaban J connectivity index is 2.37. The van der Waals surface area contributed by atoms with Gasteiger partial charge in [-0.2, -0.15) is 4.31 Å². The number of halogens is 1. The number of hydrogen-bond acceptors (Lipinski definition) is 4. The van der Waals surface area contributed by atoms with E-state index in [0.717, 1.165) is 5.56 Å². The lowest BCUT2D eigenvalue weighted by molar-refractivity contribution is 0.188. The summed E-state index contributed by atoms with van der Waals surface area (Å²) in [6.07, 6.45) is -0.130. The summed E-state index contributed by atoms with van der Waals surface area (Å²) < 4.78 is 27.7. The van der Waals surface area contributed by atoms with E-state index in [9.17, 15) is 13.5 Å². The van der Waals surface area contributed by atoms with Gasteiger partial charge in [0.2, 0.25) is 10.0 Å². The van der Waals surface area contributed by atoms with Crippen LogP contribution in [0.2, 0.25) is 0 Å². The van der Waals surface area contributed by atoms with E-state index in [1.807, 2.05) is 25.9 Å². The molecule has 1 saturated heterocycles. The van der Waals surface area contributed by atoms with Crippen LogP contribution >= 0.6 is 15.9 Å². The van der Waals surface area contributed by atoms with Crippen molar-refractivity contribution < 1.29 is 13.5 Å². The Labute approximate surface area is 134 Å². The molecule has 0 radical (unpaired) electrons. The molecule has 0 amide bonds. The molecule has 0 aromatic heterocycles. The normalized spacial score (nSPS) is 23.9. The van der Waals surface area contributed by atoms with Crippen LogP contribution in [0, 0.1) is 6.92 Å². The summed E-state index contributed by atoms with van der Waals surface area (Å²) in [6.45, 7) is 2.66. The smallest absolute Gasteiger partial charge is 0.244 e. The van der Waals surface area contributed by atoms with E-state index in [-0.39, 0.29) is 17.5 Å². The van der Waals surface area contributed by atoms with E-state index >= 15 is 0 Å². The highest BCUT2D eigenvalue weighted by Crippen LogP contribution is 2.31. The Morgan fingerprint density at radius 2 is 2.10 bits per heavy atom. The fourth-order valence-electron chi connectivity index (χ4n) is 2.69. The first kappa shape index (κ1) is 16.9. The summed E-state index contributed by atoms with van der Waals surface area (Å²) >= 11 is 3.34. The molecule has 5 nitrogen and oxygen atoms in total. The number of aryl methyl sites for hydroxylation is 1. The van der Waals surface area contributed by atoms with Crippen molar-refractivity contribution in [2.75, 3.05) is 27.2 Å². The van der Waals surface area contributed by atoms with Gasteiger partial charge in [-0.1, -0.05) is 6.07 Å². The molecule has 21 heavy (non-hydrogen) atoms. The summed E-state index contributed by atoms with van der Waals surface area (Å²) in [4.78, 5) is 2.20.